The van der Waals surface area contributed by atoms with Gasteiger partial charge in [0.25, 0.3) is 0 Å². The molecule has 0 saturated heterocycles. The summed E-state index contributed by atoms with van der Waals surface area (Å²) in [7, 11) is 3.15. The number of phenolic OH excluding ortho intramolecular Hbond substituents is 1. The lowest BCUT2D eigenvalue weighted by atomic mass is 9.76. The summed E-state index contributed by atoms with van der Waals surface area (Å²) in [5.74, 6) is -1.87. The van der Waals surface area contributed by atoms with Crippen LogP contribution in [0, 0.1) is 11.3 Å². The van der Waals surface area contributed by atoms with Crippen LogP contribution >= 0.6 is 0 Å². The van der Waals surface area contributed by atoms with Crippen LogP contribution < -0.4 is 0 Å². The van der Waals surface area contributed by atoms with Crippen LogP contribution in [0.15, 0.2) is 24.3 Å². The highest BCUT2D eigenvalue weighted by Gasteiger charge is 2.48. The lowest BCUT2D eigenvalue weighted by Crippen LogP contribution is -2.47. The van der Waals surface area contributed by atoms with E-state index in [2.05, 4.69) is 0 Å². The number of carbonyl (C=O) groups is 3. The number of carbonyl (C=O) groups excluding carboxylic acids is 3. The molecule has 0 heterocycles. The number of esters is 2. The van der Waals surface area contributed by atoms with Crippen LogP contribution in [0.4, 0.5) is 0 Å². The van der Waals surface area contributed by atoms with Crippen molar-refractivity contribution in [1.29, 1.82) is 0 Å². The van der Waals surface area contributed by atoms with Crippen LogP contribution in [-0.2, 0) is 44.6 Å². The quantitative estimate of drug-likeness (QED) is 0.158. The fourth-order valence-electron chi connectivity index (χ4n) is 5.34. The van der Waals surface area contributed by atoms with E-state index in [1.165, 1.54) is 17.2 Å². The number of methoxy groups -OCH3 is 1. The molecule has 1 aliphatic carbocycles. The van der Waals surface area contributed by atoms with Crippen LogP contribution in [0.2, 0.25) is 0 Å². The third-order valence-corrected chi connectivity index (χ3v) is 7.39. The molecule has 1 aliphatic rings. The predicted octanol–water partition coefficient (Wildman–Crippen LogP) is 5.39. The summed E-state index contributed by atoms with van der Waals surface area (Å²) in [5.41, 5.74) is -1.59. The van der Waals surface area contributed by atoms with Gasteiger partial charge in [0.1, 0.15) is 23.0 Å². The molecule has 0 spiro atoms. The Morgan fingerprint density at radius 1 is 0.930 bits per heavy atom. The number of hydroxylamine groups is 2. The van der Waals surface area contributed by atoms with Gasteiger partial charge in [0.2, 0.25) is 0 Å². The van der Waals surface area contributed by atoms with Crippen LogP contribution in [0.5, 0.6) is 5.75 Å². The number of likely N-dealkylation sites (N-methyl/N-ethyl adjacent to an activating group) is 1. The number of phenols is 1. The smallest absolute Gasteiger partial charge is 0.331 e. The number of benzene rings is 1. The average molecular weight is 608 g/mol. The highest BCUT2D eigenvalue weighted by atomic mass is 16.7. The molecule has 2 rings (SSSR count). The maximum absolute atomic E-state index is 14.0. The standard InChI is InChI=1S/C33H53NO9/c1-23(40-19-18-39-9)20-25(28(36)41-31(2,3)4)22-33(16-10-11-17-33)30(38)43-34(8)27(29(37)42-32(5,6)7)21-24-12-14-26(35)15-13-24/h12-15,23,25,27,35H,10-11,16-22H2,1-9H3/t23?,25-,27+/m1/s1. The summed E-state index contributed by atoms with van der Waals surface area (Å²) in [6.07, 6.45) is 3.34. The molecule has 0 aromatic heterocycles. The molecular formula is C33H53NO9. The zero-order chi connectivity index (χ0) is 32.4. The van der Waals surface area contributed by atoms with Crippen molar-refractivity contribution < 1.29 is 43.3 Å². The van der Waals surface area contributed by atoms with E-state index in [0.717, 1.165) is 18.4 Å². The second-order valence-corrected chi connectivity index (χ2v) is 13.7. The molecule has 1 fully saturated rings. The van der Waals surface area contributed by atoms with E-state index in [0.29, 0.717) is 32.5 Å². The highest BCUT2D eigenvalue weighted by molar-refractivity contribution is 5.80. The summed E-state index contributed by atoms with van der Waals surface area (Å²) < 4.78 is 22.4. The molecule has 3 atom stereocenters. The molecule has 1 saturated carbocycles. The van der Waals surface area contributed by atoms with Gasteiger partial charge in [0.05, 0.1) is 30.7 Å². The lowest BCUT2D eigenvalue weighted by Gasteiger charge is -2.35. The molecule has 244 valence electrons. The minimum absolute atomic E-state index is 0.110. The van der Waals surface area contributed by atoms with Crippen molar-refractivity contribution in [3.63, 3.8) is 0 Å². The van der Waals surface area contributed by atoms with Crippen LogP contribution in [-0.4, -0.2) is 78.8 Å². The minimum atomic E-state index is -0.929. The maximum Gasteiger partial charge on any atom is 0.331 e. The summed E-state index contributed by atoms with van der Waals surface area (Å²) in [4.78, 5) is 46.6. The number of ether oxygens (including phenoxy) is 4. The number of rotatable bonds is 15. The first kappa shape index (κ1) is 36.5. The summed E-state index contributed by atoms with van der Waals surface area (Å²) >= 11 is 0. The van der Waals surface area contributed by atoms with Gasteiger partial charge in [-0.25, -0.2) is 4.79 Å². The summed E-state index contributed by atoms with van der Waals surface area (Å²) in [5, 5.41) is 11.0. The topological polar surface area (TPSA) is 121 Å². The minimum Gasteiger partial charge on any atom is -0.508 e. The fraction of sp³-hybridized carbons (Fsp3) is 0.727. The van der Waals surface area contributed by atoms with Crippen molar-refractivity contribution in [2.24, 2.45) is 11.3 Å². The highest BCUT2D eigenvalue weighted by Crippen LogP contribution is 2.46. The Balaban J connectivity index is 2.30. The average Bonchev–Trinajstić information content (AvgIpc) is 3.36. The molecule has 1 unspecified atom stereocenters. The van der Waals surface area contributed by atoms with E-state index in [1.807, 2.05) is 27.7 Å². The van der Waals surface area contributed by atoms with Gasteiger partial charge in [-0.3, -0.25) is 9.59 Å². The zero-order valence-electron chi connectivity index (χ0n) is 27.6. The van der Waals surface area contributed by atoms with Crippen molar-refractivity contribution in [2.45, 2.75) is 117 Å². The molecule has 0 amide bonds. The van der Waals surface area contributed by atoms with Crippen molar-refractivity contribution in [2.75, 3.05) is 27.4 Å². The molecule has 10 heteroatoms. The van der Waals surface area contributed by atoms with Gasteiger partial charge in [0, 0.05) is 20.6 Å². The van der Waals surface area contributed by atoms with E-state index in [9.17, 15) is 19.5 Å². The van der Waals surface area contributed by atoms with Crippen LogP contribution in [0.3, 0.4) is 0 Å². The van der Waals surface area contributed by atoms with Crippen molar-refractivity contribution >= 4 is 17.9 Å². The van der Waals surface area contributed by atoms with Crippen LogP contribution in [0.1, 0.15) is 92.6 Å². The van der Waals surface area contributed by atoms with Gasteiger partial charge in [-0.1, -0.05) is 25.0 Å². The normalized spacial score (nSPS) is 17.3. The number of hydrogen-bond acceptors (Lipinski definition) is 10. The number of hydrogen-bond donors (Lipinski definition) is 1. The summed E-state index contributed by atoms with van der Waals surface area (Å²) in [6, 6.07) is 5.57. The Kier molecular flexibility index (Phi) is 13.5. The van der Waals surface area contributed by atoms with Gasteiger partial charge in [-0.2, -0.15) is 0 Å². The van der Waals surface area contributed by atoms with E-state index in [-0.39, 0.29) is 30.7 Å². The third-order valence-electron chi connectivity index (χ3n) is 7.39. The molecule has 1 aromatic carbocycles. The van der Waals surface area contributed by atoms with Crippen LogP contribution in [0.25, 0.3) is 0 Å². The van der Waals surface area contributed by atoms with E-state index in [1.54, 1.807) is 47.1 Å². The van der Waals surface area contributed by atoms with Gasteiger partial charge >= 0.3 is 17.9 Å². The van der Waals surface area contributed by atoms with E-state index < -0.39 is 40.5 Å². The lowest BCUT2D eigenvalue weighted by molar-refractivity contribution is -0.214. The zero-order valence-corrected chi connectivity index (χ0v) is 27.6. The Bertz CT molecular complexity index is 1040. The first-order chi connectivity index (χ1) is 19.9. The van der Waals surface area contributed by atoms with Gasteiger partial charge in [-0.15, -0.1) is 5.06 Å². The van der Waals surface area contributed by atoms with Gasteiger partial charge < -0.3 is 28.9 Å². The molecule has 0 aliphatic heterocycles. The first-order valence-electron chi connectivity index (χ1n) is 15.2. The molecular weight excluding hydrogens is 554 g/mol. The SMILES string of the molecule is COCCOC(C)C[C@H](CC1(C(=O)ON(C)[C@@H](Cc2ccc(O)cc2)C(=O)OC(C)(C)C)CCCC1)C(=O)OC(C)(C)C. The molecule has 10 nitrogen and oxygen atoms in total. The largest absolute Gasteiger partial charge is 0.508 e. The predicted molar refractivity (Wildman–Crippen MR) is 162 cm³/mol. The van der Waals surface area contributed by atoms with Gasteiger partial charge in [0.15, 0.2) is 0 Å². The third kappa shape index (κ3) is 12.4. The molecule has 43 heavy (non-hydrogen) atoms. The second kappa shape index (κ2) is 15.9. The molecule has 1 N–H and O–H groups in total. The molecule has 0 radical (unpaired) electrons. The monoisotopic (exact) mass is 607 g/mol. The first-order valence-corrected chi connectivity index (χ1v) is 15.2. The van der Waals surface area contributed by atoms with Crippen molar-refractivity contribution in [1.82, 2.24) is 5.06 Å². The Morgan fingerprint density at radius 3 is 2.02 bits per heavy atom. The van der Waals surface area contributed by atoms with Gasteiger partial charge in [-0.05, 0) is 91.8 Å². The molecule has 0 bridgehead atoms. The van der Waals surface area contributed by atoms with E-state index >= 15 is 0 Å². The number of aromatic hydroxyl groups is 1. The maximum atomic E-state index is 14.0. The fourth-order valence-corrected chi connectivity index (χ4v) is 5.34. The molecule has 1 aromatic rings. The van der Waals surface area contributed by atoms with Crippen molar-refractivity contribution in [3.8, 4) is 5.75 Å². The summed E-state index contributed by atoms with van der Waals surface area (Å²) in [6.45, 7) is 13.5. The Labute approximate surface area is 257 Å². The van der Waals surface area contributed by atoms with E-state index in [4.69, 9.17) is 23.8 Å². The number of nitrogens with zero attached hydrogens (tertiary/aromatic N) is 1. The van der Waals surface area contributed by atoms with Crippen molar-refractivity contribution in [3.05, 3.63) is 29.8 Å². The second-order valence-electron chi connectivity index (χ2n) is 13.7. The Morgan fingerprint density at radius 2 is 1.49 bits per heavy atom. The Hall–Kier alpha value is -2.69.